The van der Waals surface area contributed by atoms with Gasteiger partial charge in [-0.1, -0.05) is 6.42 Å². The second-order valence-corrected chi connectivity index (χ2v) is 8.43. The van der Waals surface area contributed by atoms with Gasteiger partial charge >= 0.3 is 0 Å². The number of nitrogens with zero attached hydrogens (tertiary/aromatic N) is 3. The molecule has 1 amide bonds. The molecule has 0 unspecified atom stereocenters. The number of nitrogens with one attached hydrogen (secondary N) is 1. The number of amides is 1. The Morgan fingerprint density at radius 1 is 1.18 bits per heavy atom. The lowest BCUT2D eigenvalue weighted by Crippen LogP contribution is -2.24. The minimum Gasteiger partial charge on any atom is -0.378 e. The Balaban J connectivity index is 1.69. The van der Waals surface area contributed by atoms with E-state index in [1.807, 2.05) is 50.2 Å². The van der Waals surface area contributed by atoms with E-state index in [2.05, 4.69) is 5.32 Å². The van der Waals surface area contributed by atoms with Crippen LogP contribution in [0.4, 0.5) is 11.4 Å². The van der Waals surface area contributed by atoms with Gasteiger partial charge in [-0.3, -0.25) is 14.2 Å². The second-order valence-electron chi connectivity index (χ2n) is 7.43. The molecule has 146 valence electrons. The highest BCUT2D eigenvalue weighted by molar-refractivity contribution is 7.20. The van der Waals surface area contributed by atoms with Crippen LogP contribution in [0.2, 0.25) is 0 Å². The summed E-state index contributed by atoms with van der Waals surface area (Å²) in [6.45, 7) is 2.56. The third-order valence-corrected chi connectivity index (χ3v) is 6.44. The Morgan fingerprint density at radius 2 is 1.93 bits per heavy atom. The highest BCUT2D eigenvalue weighted by Gasteiger charge is 2.22. The van der Waals surface area contributed by atoms with E-state index in [-0.39, 0.29) is 11.5 Å². The van der Waals surface area contributed by atoms with E-state index in [1.54, 1.807) is 4.57 Å². The number of aromatic nitrogens is 2. The lowest BCUT2D eigenvalue weighted by Gasteiger charge is -2.13. The molecule has 0 saturated heterocycles. The lowest BCUT2D eigenvalue weighted by molar-refractivity contribution is 0.103. The van der Waals surface area contributed by atoms with Crippen LogP contribution in [-0.4, -0.2) is 29.6 Å². The molecule has 1 N–H and O–H groups in total. The molecule has 0 radical (unpaired) electrons. The first kappa shape index (κ1) is 18.7. The number of carbonyl (C=O) groups is 1. The molecule has 2 aromatic heterocycles. The maximum absolute atomic E-state index is 13.0. The molecule has 0 bridgehead atoms. The van der Waals surface area contributed by atoms with Gasteiger partial charge in [-0.25, -0.2) is 4.98 Å². The summed E-state index contributed by atoms with van der Waals surface area (Å²) in [5.74, 6) is 0.653. The molecule has 3 aromatic rings. The highest BCUT2D eigenvalue weighted by atomic mass is 32.1. The number of thiophene rings is 1. The molecule has 7 heteroatoms. The van der Waals surface area contributed by atoms with E-state index in [9.17, 15) is 9.59 Å². The second kappa shape index (κ2) is 7.39. The SMILES string of the molecule is Cc1c(C(=O)Nc2ccc(N(C)C)cc2)sc2nc3n(c(=O)c12)CCCCC3. The van der Waals surface area contributed by atoms with Crippen LogP contribution in [0.15, 0.2) is 29.1 Å². The Hall–Kier alpha value is -2.67. The van der Waals surface area contributed by atoms with Gasteiger partial charge in [-0.15, -0.1) is 11.3 Å². The number of aryl methyl sites for hydroxylation is 2. The highest BCUT2D eigenvalue weighted by Crippen LogP contribution is 2.29. The molecule has 28 heavy (non-hydrogen) atoms. The van der Waals surface area contributed by atoms with E-state index < -0.39 is 0 Å². The number of hydrogen-bond acceptors (Lipinski definition) is 5. The molecule has 6 nitrogen and oxygen atoms in total. The predicted octanol–water partition coefficient (Wildman–Crippen LogP) is 3.81. The first-order valence-corrected chi connectivity index (χ1v) is 10.4. The summed E-state index contributed by atoms with van der Waals surface area (Å²) in [5, 5.41) is 3.53. The summed E-state index contributed by atoms with van der Waals surface area (Å²) < 4.78 is 1.80. The van der Waals surface area contributed by atoms with Gasteiger partial charge in [0, 0.05) is 38.4 Å². The maximum atomic E-state index is 13.0. The fourth-order valence-corrected chi connectivity index (χ4v) is 4.74. The fraction of sp³-hybridized carbons (Fsp3) is 0.381. The quantitative estimate of drug-likeness (QED) is 0.731. The van der Waals surface area contributed by atoms with Crippen LogP contribution in [0.3, 0.4) is 0 Å². The third-order valence-electron chi connectivity index (χ3n) is 5.26. The van der Waals surface area contributed by atoms with Gasteiger partial charge in [0.25, 0.3) is 11.5 Å². The first-order chi connectivity index (χ1) is 13.5. The summed E-state index contributed by atoms with van der Waals surface area (Å²) >= 11 is 1.31. The number of hydrogen-bond donors (Lipinski definition) is 1. The number of rotatable bonds is 3. The van der Waals surface area contributed by atoms with Gasteiger partial charge in [-0.2, -0.15) is 0 Å². The van der Waals surface area contributed by atoms with E-state index in [4.69, 9.17) is 4.98 Å². The van der Waals surface area contributed by atoms with Crippen LogP contribution in [0.25, 0.3) is 10.2 Å². The molecule has 4 rings (SSSR count). The summed E-state index contributed by atoms with van der Waals surface area (Å²) in [7, 11) is 3.95. The normalized spacial score (nSPS) is 13.8. The smallest absolute Gasteiger partial charge is 0.266 e. The van der Waals surface area contributed by atoms with E-state index >= 15 is 0 Å². The molecule has 0 saturated carbocycles. The van der Waals surface area contributed by atoms with Gasteiger partial charge in [0.05, 0.1) is 10.3 Å². The van der Waals surface area contributed by atoms with Crippen LogP contribution in [0.1, 0.15) is 40.3 Å². The zero-order valence-corrected chi connectivity index (χ0v) is 17.2. The van der Waals surface area contributed by atoms with Crippen molar-refractivity contribution >= 4 is 38.8 Å². The molecule has 1 aromatic carbocycles. The molecule has 1 aliphatic heterocycles. The molecule has 1 aliphatic rings. The standard InChI is InChI=1S/C21H24N4O2S/c1-13-17-20(23-16-7-5-4-6-12-25(16)21(17)27)28-18(13)19(26)22-14-8-10-15(11-9-14)24(2)3/h8-11H,4-7,12H2,1-3H3,(H,22,26). The van der Waals surface area contributed by atoms with Crippen LogP contribution < -0.4 is 15.8 Å². The Labute approximate surface area is 167 Å². The average molecular weight is 397 g/mol. The van der Waals surface area contributed by atoms with E-state index in [0.29, 0.717) is 21.6 Å². The molecule has 0 fully saturated rings. The average Bonchev–Trinajstić information content (AvgIpc) is 2.84. The number of carbonyl (C=O) groups excluding carboxylic acids is 1. The van der Waals surface area contributed by atoms with Crippen LogP contribution in [0.5, 0.6) is 0 Å². The monoisotopic (exact) mass is 396 g/mol. The van der Waals surface area contributed by atoms with Crippen molar-refractivity contribution in [2.75, 3.05) is 24.3 Å². The van der Waals surface area contributed by atoms with Crippen LogP contribution in [0, 0.1) is 6.92 Å². The fourth-order valence-electron chi connectivity index (χ4n) is 3.66. The molecular formula is C21H24N4O2S. The van der Waals surface area contributed by atoms with Gasteiger partial charge in [0.2, 0.25) is 0 Å². The lowest BCUT2D eigenvalue weighted by atomic mass is 10.2. The third kappa shape index (κ3) is 3.30. The zero-order valence-electron chi connectivity index (χ0n) is 16.4. The van der Waals surface area contributed by atoms with Crippen LogP contribution >= 0.6 is 11.3 Å². The minimum absolute atomic E-state index is 0.00923. The summed E-state index contributed by atoms with van der Waals surface area (Å²) in [4.78, 5) is 33.9. The number of fused-ring (bicyclic) bond motifs is 2. The van der Waals surface area contributed by atoms with Crippen LogP contribution in [-0.2, 0) is 13.0 Å². The number of benzene rings is 1. The van der Waals surface area contributed by atoms with Gasteiger partial charge in [0.15, 0.2) is 0 Å². The van der Waals surface area contributed by atoms with Gasteiger partial charge in [0.1, 0.15) is 10.7 Å². The summed E-state index contributed by atoms with van der Waals surface area (Å²) in [5.41, 5.74) is 2.51. The van der Waals surface area contributed by atoms with Crippen molar-refractivity contribution in [3.05, 3.63) is 50.9 Å². The van der Waals surface area contributed by atoms with Crippen molar-refractivity contribution < 1.29 is 4.79 Å². The Morgan fingerprint density at radius 3 is 2.64 bits per heavy atom. The number of anilines is 2. The van der Waals surface area contributed by atoms with Crippen molar-refractivity contribution in [2.24, 2.45) is 0 Å². The van der Waals surface area contributed by atoms with Gasteiger partial charge < -0.3 is 10.2 Å². The largest absolute Gasteiger partial charge is 0.378 e. The van der Waals surface area contributed by atoms with Crippen molar-refractivity contribution in [1.82, 2.24) is 9.55 Å². The first-order valence-electron chi connectivity index (χ1n) is 9.57. The predicted molar refractivity (Wildman–Crippen MR) is 115 cm³/mol. The van der Waals surface area contributed by atoms with Crippen molar-refractivity contribution in [3.63, 3.8) is 0 Å². The molecule has 0 spiro atoms. The minimum atomic E-state index is -0.197. The van der Waals surface area contributed by atoms with Crippen molar-refractivity contribution in [3.8, 4) is 0 Å². The molecular weight excluding hydrogens is 372 g/mol. The zero-order chi connectivity index (χ0) is 19.8. The van der Waals surface area contributed by atoms with E-state index in [0.717, 1.165) is 48.4 Å². The van der Waals surface area contributed by atoms with E-state index in [1.165, 1.54) is 11.3 Å². The van der Waals surface area contributed by atoms with Gasteiger partial charge in [-0.05, 0) is 49.6 Å². The topological polar surface area (TPSA) is 67.2 Å². The Bertz CT molecular complexity index is 1100. The molecule has 0 atom stereocenters. The van der Waals surface area contributed by atoms with Crippen molar-refractivity contribution in [1.29, 1.82) is 0 Å². The van der Waals surface area contributed by atoms with Crippen molar-refractivity contribution in [2.45, 2.75) is 39.2 Å². The Kier molecular flexibility index (Phi) is 4.93. The maximum Gasteiger partial charge on any atom is 0.266 e. The molecule has 3 heterocycles. The summed E-state index contributed by atoms with van der Waals surface area (Å²) in [6, 6.07) is 7.67. The molecule has 0 aliphatic carbocycles. The summed E-state index contributed by atoms with van der Waals surface area (Å²) in [6.07, 6.45) is 4.00.